The maximum atomic E-state index is 9.94. The fourth-order valence-corrected chi connectivity index (χ4v) is 2.28. The average Bonchev–Trinajstić information content (AvgIpc) is 3.30. The lowest BCUT2D eigenvalue weighted by molar-refractivity contribution is 0.00277. The highest BCUT2D eigenvalue weighted by Crippen LogP contribution is 2.28. The second-order valence-corrected chi connectivity index (χ2v) is 5.27. The number of hydrogen-bond donors (Lipinski definition) is 2. The van der Waals surface area contributed by atoms with E-state index in [0.29, 0.717) is 32.5 Å². The highest BCUT2D eigenvalue weighted by atomic mass is 16.5. The van der Waals surface area contributed by atoms with E-state index in [4.69, 9.17) is 9.47 Å². The Morgan fingerprint density at radius 1 is 1.20 bits per heavy atom. The summed E-state index contributed by atoms with van der Waals surface area (Å²) >= 11 is 0. The molecule has 112 valence electrons. The maximum Gasteiger partial charge on any atom is 0.0908 e. The van der Waals surface area contributed by atoms with Crippen LogP contribution in [0.1, 0.15) is 25.3 Å². The van der Waals surface area contributed by atoms with Crippen molar-refractivity contribution in [3.63, 3.8) is 0 Å². The highest BCUT2D eigenvalue weighted by Gasteiger charge is 2.37. The molecule has 1 aromatic carbocycles. The predicted octanol–water partition coefficient (Wildman–Crippen LogP) is 1.68. The molecular formula is C16H25NO3. The zero-order valence-corrected chi connectivity index (χ0v) is 12.2. The summed E-state index contributed by atoms with van der Waals surface area (Å²) in [4.78, 5) is 0. The minimum Gasteiger partial charge on any atom is -0.394 e. The molecule has 1 aliphatic carbocycles. The van der Waals surface area contributed by atoms with Gasteiger partial charge in [-0.25, -0.2) is 0 Å². The standard InChI is InChI=1S/C16H25NO3/c1-2-19-10-11-20-13-16(12-18,17-15-8-9-15)14-6-4-3-5-7-14/h3-7,15,17-18H,2,8-13H2,1H3. The van der Waals surface area contributed by atoms with E-state index in [-0.39, 0.29) is 6.61 Å². The van der Waals surface area contributed by atoms with Crippen LogP contribution in [-0.4, -0.2) is 44.2 Å². The van der Waals surface area contributed by atoms with Crippen LogP contribution in [0.15, 0.2) is 30.3 Å². The third-order valence-corrected chi connectivity index (χ3v) is 3.58. The van der Waals surface area contributed by atoms with E-state index in [1.807, 2.05) is 37.3 Å². The van der Waals surface area contributed by atoms with E-state index in [1.165, 1.54) is 12.8 Å². The van der Waals surface area contributed by atoms with Crippen LogP contribution in [0.3, 0.4) is 0 Å². The van der Waals surface area contributed by atoms with Crippen molar-refractivity contribution in [2.75, 3.05) is 33.0 Å². The second kappa shape index (κ2) is 7.74. The molecule has 1 aliphatic rings. The van der Waals surface area contributed by atoms with Crippen molar-refractivity contribution in [1.29, 1.82) is 0 Å². The minimum atomic E-state index is -0.505. The topological polar surface area (TPSA) is 50.7 Å². The number of nitrogens with one attached hydrogen (secondary N) is 1. The van der Waals surface area contributed by atoms with Crippen molar-refractivity contribution in [1.82, 2.24) is 5.32 Å². The molecule has 0 radical (unpaired) electrons. The van der Waals surface area contributed by atoms with Gasteiger partial charge in [0.05, 0.1) is 32.0 Å². The van der Waals surface area contributed by atoms with Crippen LogP contribution in [0.5, 0.6) is 0 Å². The summed E-state index contributed by atoms with van der Waals surface area (Å²) in [5, 5.41) is 13.5. The van der Waals surface area contributed by atoms with Crippen LogP contribution >= 0.6 is 0 Å². The van der Waals surface area contributed by atoms with Gasteiger partial charge in [-0.2, -0.15) is 0 Å². The fourth-order valence-electron chi connectivity index (χ4n) is 2.28. The molecule has 4 heteroatoms. The normalized spacial score (nSPS) is 17.9. The first kappa shape index (κ1) is 15.4. The van der Waals surface area contributed by atoms with Crippen molar-refractivity contribution in [3.8, 4) is 0 Å². The van der Waals surface area contributed by atoms with Crippen LogP contribution in [0.4, 0.5) is 0 Å². The van der Waals surface area contributed by atoms with Crippen LogP contribution < -0.4 is 5.32 Å². The van der Waals surface area contributed by atoms with Gasteiger partial charge < -0.3 is 19.9 Å². The minimum absolute atomic E-state index is 0.0299. The molecule has 2 rings (SSSR count). The van der Waals surface area contributed by atoms with E-state index >= 15 is 0 Å². The smallest absolute Gasteiger partial charge is 0.0908 e. The Morgan fingerprint density at radius 2 is 1.90 bits per heavy atom. The van der Waals surface area contributed by atoms with Gasteiger partial charge in [-0.1, -0.05) is 30.3 Å². The number of aliphatic hydroxyl groups is 1. The Morgan fingerprint density at radius 3 is 2.50 bits per heavy atom. The van der Waals surface area contributed by atoms with Gasteiger partial charge in [0.2, 0.25) is 0 Å². The highest BCUT2D eigenvalue weighted by molar-refractivity contribution is 5.25. The number of benzene rings is 1. The zero-order chi connectivity index (χ0) is 14.3. The molecule has 1 atom stereocenters. The summed E-state index contributed by atoms with van der Waals surface area (Å²) in [6.07, 6.45) is 2.35. The van der Waals surface area contributed by atoms with Gasteiger partial charge in [0.1, 0.15) is 0 Å². The first-order chi connectivity index (χ1) is 9.80. The Labute approximate surface area is 121 Å². The van der Waals surface area contributed by atoms with Crippen molar-refractivity contribution >= 4 is 0 Å². The summed E-state index contributed by atoms with van der Waals surface area (Å²) in [7, 11) is 0. The number of hydrogen-bond acceptors (Lipinski definition) is 4. The number of ether oxygens (including phenoxy) is 2. The Bertz CT molecular complexity index is 381. The monoisotopic (exact) mass is 279 g/mol. The molecule has 1 fully saturated rings. The predicted molar refractivity (Wildman–Crippen MR) is 78.7 cm³/mol. The molecule has 0 bridgehead atoms. The van der Waals surface area contributed by atoms with Gasteiger partial charge in [-0.15, -0.1) is 0 Å². The summed E-state index contributed by atoms with van der Waals surface area (Å²) in [5.74, 6) is 0. The van der Waals surface area contributed by atoms with E-state index in [1.54, 1.807) is 0 Å². The van der Waals surface area contributed by atoms with Crippen molar-refractivity contribution < 1.29 is 14.6 Å². The molecule has 1 unspecified atom stereocenters. The van der Waals surface area contributed by atoms with Gasteiger partial charge in [-0.05, 0) is 25.3 Å². The first-order valence-electron chi connectivity index (χ1n) is 7.40. The van der Waals surface area contributed by atoms with Crippen LogP contribution in [-0.2, 0) is 15.0 Å². The van der Waals surface area contributed by atoms with Gasteiger partial charge in [0, 0.05) is 12.6 Å². The van der Waals surface area contributed by atoms with Crippen molar-refractivity contribution in [2.24, 2.45) is 0 Å². The molecule has 0 saturated heterocycles. The molecule has 1 saturated carbocycles. The molecule has 1 aromatic rings. The SMILES string of the molecule is CCOCCOCC(CO)(NC1CC1)c1ccccc1. The van der Waals surface area contributed by atoms with Crippen molar-refractivity contribution in [3.05, 3.63) is 35.9 Å². The van der Waals surface area contributed by atoms with Crippen LogP contribution in [0.25, 0.3) is 0 Å². The Balaban J connectivity index is 1.98. The summed E-state index contributed by atoms with van der Waals surface area (Å²) in [6.45, 7) is 4.30. The van der Waals surface area contributed by atoms with E-state index in [9.17, 15) is 5.11 Å². The van der Waals surface area contributed by atoms with E-state index in [0.717, 1.165) is 5.56 Å². The van der Waals surface area contributed by atoms with E-state index in [2.05, 4.69) is 5.32 Å². The van der Waals surface area contributed by atoms with Gasteiger partial charge in [-0.3, -0.25) is 0 Å². The lowest BCUT2D eigenvalue weighted by Crippen LogP contribution is -2.50. The lowest BCUT2D eigenvalue weighted by atomic mass is 9.91. The van der Waals surface area contributed by atoms with Crippen molar-refractivity contribution in [2.45, 2.75) is 31.3 Å². The first-order valence-corrected chi connectivity index (χ1v) is 7.40. The zero-order valence-electron chi connectivity index (χ0n) is 12.2. The van der Waals surface area contributed by atoms with Crippen LogP contribution in [0.2, 0.25) is 0 Å². The van der Waals surface area contributed by atoms with Gasteiger partial charge >= 0.3 is 0 Å². The molecule has 0 heterocycles. The largest absolute Gasteiger partial charge is 0.394 e. The summed E-state index contributed by atoms with van der Waals surface area (Å²) in [6, 6.07) is 10.6. The van der Waals surface area contributed by atoms with E-state index < -0.39 is 5.54 Å². The molecular weight excluding hydrogens is 254 g/mol. The third kappa shape index (κ3) is 4.28. The lowest BCUT2D eigenvalue weighted by Gasteiger charge is -2.33. The average molecular weight is 279 g/mol. The second-order valence-electron chi connectivity index (χ2n) is 5.27. The quantitative estimate of drug-likeness (QED) is 0.640. The molecule has 0 amide bonds. The maximum absolute atomic E-state index is 9.94. The molecule has 20 heavy (non-hydrogen) atoms. The van der Waals surface area contributed by atoms with Gasteiger partial charge in [0.25, 0.3) is 0 Å². The number of aliphatic hydroxyl groups excluding tert-OH is 1. The molecule has 0 aromatic heterocycles. The Kier molecular flexibility index (Phi) is 5.98. The Hall–Kier alpha value is -0.940. The summed E-state index contributed by atoms with van der Waals surface area (Å²) in [5.41, 5.74) is 0.570. The molecule has 0 spiro atoms. The van der Waals surface area contributed by atoms with Crippen LogP contribution in [0, 0.1) is 0 Å². The third-order valence-electron chi connectivity index (χ3n) is 3.58. The molecule has 2 N–H and O–H groups in total. The molecule has 0 aliphatic heterocycles. The van der Waals surface area contributed by atoms with Gasteiger partial charge in [0.15, 0.2) is 0 Å². The number of rotatable bonds is 10. The molecule has 4 nitrogen and oxygen atoms in total. The summed E-state index contributed by atoms with van der Waals surface area (Å²) < 4.78 is 11.0. The fraction of sp³-hybridized carbons (Fsp3) is 0.625.